The van der Waals surface area contributed by atoms with Gasteiger partial charge in [0.2, 0.25) is 0 Å². The summed E-state index contributed by atoms with van der Waals surface area (Å²) in [5.74, 6) is 1.56. The number of ether oxygens (including phenoxy) is 3. The minimum Gasteiger partial charge on any atom is -0.496 e. The molecule has 2 rings (SSSR count). The second kappa shape index (κ2) is 7.29. The maximum absolute atomic E-state index is 6.32. The van der Waals surface area contributed by atoms with Crippen LogP contribution in [0.5, 0.6) is 11.5 Å². The van der Waals surface area contributed by atoms with E-state index in [4.69, 9.17) is 19.9 Å². The van der Waals surface area contributed by atoms with E-state index >= 15 is 0 Å². The van der Waals surface area contributed by atoms with Crippen molar-refractivity contribution in [2.24, 2.45) is 5.73 Å². The Morgan fingerprint density at radius 2 is 2.10 bits per heavy atom. The molecule has 0 aromatic heterocycles. The van der Waals surface area contributed by atoms with Crippen molar-refractivity contribution in [3.8, 4) is 11.5 Å². The number of benzene rings is 1. The van der Waals surface area contributed by atoms with Gasteiger partial charge in [0.25, 0.3) is 0 Å². The van der Waals surface area contributed by atoms with Crippen molar-refractivity contribution < 1.29 is 14.2 Å². The summed E-state index contributed by atoms with van der Waals surface area (Å²) in [5.41, 5.74) is 7.29. The Balaban J connectivity index is 2.08. The van der Waals surface area contributed by atoms with Gasteiger partial charge in [-0.2, -0.15) is 0 Å². The molecule has 1 fully saturated rings. The van der Waals surface area contributed by atoms with Crippen LogP contribution in [0.15, 0.2) is 16.6 Å². The van der Waals surface area contributed by atoms with E-state index in [1.165, 1.54) is 0 Å². The third kappa shape index (κ3) is 3.65. The normalized spacial score (nSPS) is 19.9. The molecule has 4 nitrogen and oxygen atoms in total. The van der Waals surface area contributed by atoms with Crippen molar-refractivity contribution in [2.75, 3.05) is 20.8 Å². The molecular weight excluding hydrogens is 322 g/mol. The van der Waals surface area contributed by atoms with E-state index in [1.54, 1.807) is 14.2 Å². The Morgan fingerprint density at radius 3 is 2.70 bits per heavy atom. The molecule has 1 aliphatic rings. The second-order valence-corrected chi connectivity index (χ2v) is 5.90. The molecular formula is C15H22BrNO3. The summed E-state index contributed by atoms with van der Waals surface area (Å²) < 4.78 is 17.3. The Labute approximate surface area is 128 Å². The molecule has 2 atom stereocenters. The molecule has 1 aromatic rings. The molecule has 0 amide bonds. The zero-order valence-corrected chi connectivity index (χ0v) is 13.6. The lowest BCUT2D eigenvalue weighted by Gasteiger charge is -2.19. The standard InChI is InChI=1S/C15H22BrNO3/c1-18-14-9-12(16)15(19-2)8-11(14)13(17)6-5-10-4-3-7-20-10/h8-10,13H,3-7,17H2,1-2H3. The minimum atomic E-state index is -0.0730. The minimum absolute atomic E-state index is 0.0730. The predicted octanol–water partition coefficient (Wildman–Crippen LogP) is 3.43. The van der Waals surface area contributed by atoms with Gasteiger partial charge in [0.1, 0.15) is 11.5 Å². The molecule has 1 saturated heterocycles. The quantitative estimate of drug-likeness (QED) is 0.859. The van der Waals surface area contributed by atoms with E-state index in [-0.39, 0.29) is 6.04 Å². The third-order valence-electron chi connectivity index (χ3n) is 3.73. The molecule has 1 heterocycles. The number of halogens is 1. The summed E-state index contributed by atoms with van der Waals surface area (Å²) in [6.45, 7) is 0.884. The average Bonchev–Trinajstić information content (AvgIpc) is 2.97. The molecule has 0 spiro atoms. The smallest absolute Gasteiger partial charge is 0.133 e. The van der Waals surface area contributed by atoms with Crippen molar-refractivity contribution in [1.29, 1.82) is 0 Å². The molecule has 2 N–H and O–H groups in total. The Hall–Kier alpha value is -0.780. The van der Waals surface area contributed by atoms with Gasteiger partial charge in [0.05, 0.1) is 24.8 Å². The van der Waals surface area contributed by atoms with E-state index in [1.807, 2.05) is 12.1 Å². The van der Waals surface area contributed by atoms with E-state index < -0.39 is 0 Å². The van der Waals surface area contributed by atoms with Gasteiger partial charge in [-0.15, -0.1) is 0 Å². The Morgan fingerprint density at radius 1 is 1.35 bits per heavy atom. The first-order valence-electron chi connectivity index (χ1n) is 6.94. The number of methoxy groups -OCH3 is 2. The monoisotopic (exact) mass is 343 g/mol. The highest BCUT2D eigenvalue weighted by molar-refractivity contribution is 9.10. The van der Waals surface area contributed by atoms with Gasteiger partial charge in [-0.3, -0.25) is 0 Å². The number of hydrogen-bond donors (Lipinski definition) is 1. The van der Waals surface area contributed by atoms with E-state index in [0.29, 0.717) is 6.10 Å². The first-order valence-corrected chi connectivity index (χ1v) is 7.73. The molecule has 1 aliphatic heterocycles. The van der Waals surface area contributed by atoms with Crippen LogP contribution >= 0.6 is 15.9 Å². The first kappa shape index (κ1) is 15.6. The Kier molecular flexibility index (Phi) is 5.69. The van der Waals surface area contributed by atoms with Crippen LogP contribution in [0.4, 0.5) is 0 Å². The van der Waals surface area contributed by atoms with Crippen molar-refractivity contribution in [3.05, 3.63) is 22.2 Å². The van der Waals surface area contributed by atoms with Crippen molar-refractivity contribution >= 4 is 15.9 Å². The molecule has 5 heteroatoms. The molecule has 20 heavy (non-hydrogen) atoms. The first-order chi connectivity index (χ1) is 9.65. The van der Waals surface area contributed by atoms with Gasteiger partial charge >= 0.3 is 0 Å². The van der Waals surface area contributed by atoms with Gasteiger partial charge in [-0.1, -0.05) is 0 Å². The average molecular weight is 344 g/mol. The summed E-state index contributed by atoms with van der Waals surface area (Å²) in [6.07, 6.45) is 4.54. The zero-order valence-electron chi connectivity index (χ0n) is 12.0. The molecule has 0 radical (unpaired) electrons. The van der Waals surface area contributed by atoms with Crippen LogP contribution in [0.2, 0.25) is 0 Å². The number of hydrogen-bond acceptors (Lipinski definition) is 4. The maximum atomic E-state index is 6.32. The molecule has 0 aliphatic carbocycles. The van der Waals surface area contributed by atoms with E-state index in [2.05, 4.69) is 15.9 Å². The van der Waals surface area contributed by atoms with Crippen molar-refractivity contribution in [2.45, 2.75) is 37.8 Å². The lowest BCUT2D eigenvalue weighted by molar-refractivity contribution is 0.101. The molecule has 2 unspecified atom stereocenters. The van der Waals surface area contributed by atoms with Crippen LogP contribution in [-0.2, 0) is 4.74 Å². The van der Waals surface area contributed by atoms with Crippen molar-refractivity contribution in [3.63, 3.8) is 0 Å². The van der Waals surface area contributed by atoms with Crippen LogP contribution < -0.4 is 15.2 Å². The summed E-state index contributed by atoms with van der Waals surface area (Å²) in [6, 6.07) is 3.78. The van der Waals surface area contributed by atoms with Crippen molar-refractivity contribution in [1.82, 2.24) is 0 Å². The summed E-state index contributed by atoms with van der Waals surface area (Å²) >= 11 is 3.46. The highest BCUT2D eigenvalue weighted by Crippen LogP contribution is 2.36. The zero-order chi connectivity index (χ0) is 14.5. The summed E-state index contributed by atoms with van der Waals surface area (Å²) in [7, 11) is 3.30. The fourth-order valence-corrected chi connectivity index (χ4v) is 3.05. The summed E-state index contributed by atoms with van der Waals surface area (Å²) in [4.78, 5) is 0. The lowest BCUT2D eigenvalue weighted by Crippen LogP contribution is -2.15. The largest absolute Gasteiger partial charge is 0.496 e. The van der Waals surface area contributed by atoms with E-state index in [9.17, 15) is 0 Å². The molecule has 1 aromatic carbocycles. The SMILES string of the molecule is COc1cc(C(N)CCC2CCCO2)c(OC)cc1Br. The van der Waals surface area contributed by atoms with Gasteiger partial charge in [-0.05, 0) is 53.7 Å². The highest BCUT2D eigenvalue weighted by Gasteiger charge is 2.20. The van der Waals surface area contributed by atoms with Gasteiger partial charge in [-0.25, -0.2) is 0 Å². The number of nitrogens with two attached hydrogens (primary N) is 1. The van der Waals surface area contributed by atoms with Crippen LogP contribution in [0.1, 0.15) is 37.3 Å². The Bertz CT molecular complexity index is 447. The van der Waals surface area contributed by atoms with Crippen LogP contribution in [0.3, 0.4) is 0 Å². The molecule has 0 bridgehead atoms. The topological polar surface area (TPSA) is 53.7 Å². The van der Waals surface area contributed by atoms with Crippen LogP contribution in [0, 0.1) is 0 Å². The van der Waals surface area contributed by atoms with Gasteiger partial charge in [0, 0.05) is 18.2 Å². The number of rotatable bonds is 6. The van der Waals surface area contributed by atoms with Gasteiger partial charge < -0.3 is 19.9 Å². The fourth-order valence-electron chi connectivity index (χ4n) is 2.57. The maximum Gasteiger partial charge on any atom is 0.133 e. The fraction of sp³-hybridized carbons (Fsp3) is 0.600. The predicted molar refractivity (Wildman–Crippen MR) is 82.4 cm³/mol. The van der Waals surface area contributed by atoms with E-state index in [0.717, 1.165) is 53.8 Å². The summed E-state index contributed by atoms with van der Waals surface area (Å²) in [5, 5.41) is 0. The van der Waals surface area contributed by atoms with Crippen LogP contribution in [-0.4, -0.2) is 26.9 Å². The highest BCUT2D eigenvalue weighted by atomic mass is 79.9. The van der Waals surface area contributed by atoms with Gasteiger partial charge in [0.15, 0.2) is 0 Å². The van der Waals surface area contributed by atoms with Crippen LogP contribution in [0.25, 0.3) is 0 Å². The lowest BCUT2D eigenvalue weighted by atomic mass is 9.99. The molecule has 112 valence electrons. The molecule has 0 saturated carbocycles. The second-order valence-electron chi connectivity index (χ2n) is 5.05. The third-order valence-corrected chi connectivity index (χ3v) is 4.35.